The quantitative estimate of drug-likeness (QED) is 0.842. The van der Waals surface area contributed by atoms with Gasteiger partial charge in [0.25, 0.3) is 0 Å². The Bertz CT molecular complexity index is 380. The van der Waals surface area contributed by atoms with Crippen molar-refractivity contribution in [3.63, 3.8) is 0 Å². The fourth-order valence-electron chi connectivity index (χ4n) is 3.05. The van der Waals surface area contributed by atoms with Crippen molar-refractivity contribution in [1.82, 2.24) is 0 Å². The van der Waals surface area contributed by atoms with Crippen molar-refractivity contribution in [2.45, 2.75) is 38.1 Å². The lowest BCUT2D eigenvalue weighted by Gasteiger charge is -2.36. The van der Waals surface area contributed by atoms with Gasteiger partial charge in [0, 0.05) is 6.54 Å². The van der Waals surface area contributed by atoms with E-state index in [2.05, 4.69) is 12.2 Å². The van der Waals surface area contributed by atoms with E-state index < -0.39 is 0 Å². The predicted molar refractivity (Wildman–Crippen MR) is 69.4 cm³/mol. The number of para-hydroxylation sites is 1. The molecule has 3 N–H and O–H groups in total. The Morgan fingerprint density at radius 1 is 1.47 bits per heavy atom. The maximum absolute atomic E-state index is 13.7. The van der Waals surface area contributed by atoms with Crippen LogP contribution in [0.25, 0.3) is 0 Å². The minimum absolute atomic E-state index is 0.114. The molecule has 2 rings (SSSR count). The summed E-state index contributed by atoms with van der Waals surface area (Å²) in [6.07, 6.45) is 4.50. The van der Waals surface area contributed by atoms with E-state index in [4.69, 9.17) is 5.73 Å². The van der Waals surface area contributed by atoms with E-state index in [9.17, 15) is 4.39 Å². The van der Waals surface area contributed by atoms with Crippen molar-refractivity contribution >= 4 is 5.69 Å². The zero-order valence-electron chi connectivity index (χ0n) is 10.4. The molecule has 1 aromatic rings. The third-order valence-electron chi connectivity index (χ3n) is 4.07. The molecule has 0 spiro atoms. The number of benzene rings is 1. The van der Waals surface area contributed by atoms with Crippen molar-refractivity contribution in [3.05, 3.63) is 30.1 Å². The molecule has 0 bridgehead atoms. The van der Waals surface area contributed by atoms with Crippen LogP contribution < -0.4 is 11.1 Å². The number of hydrogen-bond donors (Lipinski definition) is 2. The molecule has 1 aliphatic rings. The Hall–Kier alpha value is -1.09. The van der Waals surface area contributed by atoms with Gasteiger partial charge >= 0.3 is 0 Å². The Morgan fingerprint density at radius 3 is 2.88 bits per heavy atom. The molecule has 0 aliphatic heterocycles. The highest BCUT2D eigenvalue weighted by atomic mass is 19.1. The lowest BCUT2D eigenvalue weighted by atomic mass is 9.85. The molecule has 1 fully saturated rings. The van der Waals surface area contributed by atoms with Crippen molar-refractivity contribution < 1.29 is 4.39 Å². The van der Waals surface area contributed by atoms with Crippen LogP contribution in [0.4, 0.5) is 10.1 Å². The fourth-order valence-corrected chi connectivity index (χ4v) is 3.05. The highest BCUT2D eigenvalue weighted by Gasteiger charge is 2.40. The minimum atomic E-state index is -0.193. The van der Waals surface area contributed by atoms with E-state index in [1.165, 1.54) is 18.9 Å². The van der Waals surface area contributed by atoms with Gasteiger partial charge in [0.05, 0.1) is 11.2 Å². The minimum Gasteiger partial charge on any atom is -0.376 e. The summed E-state index contributed by atoms with van der Waals surface area (Å²) in [5.74, 6) is 0.356. The standard InChI is InChI=1S/C14H21FN2/c1-2-11-6-5-9-14(11,10-16)17-13-8-4-3-7-12(13)15/h3-4,7-8,11,17H,2,5-6,9-10,16H2,1H3. The van der Waals surface area contributed by atoms with Crippen LogP contribution in [0.5, 0.6) is 0 Å². The molecule has 94 valence electrons. The molecule has 1 saturated carbocycles. The van der Waals surface area contributed by atoms with Gasteiger partial charge < -0.3 is 11.1 Å². The van der Waals surface area contributed by atoms with Crippen LogP contribution in [0.1, 0.15) is 32.6 Å². The Morgan fingerprint density at radius 2 is 2.24 bits per heavy atom. The number of halogens is 1. The van der Waals surface area contributed by atoms with E-state index >= 15 is 0 Å². The molecule has 2 nitrogen and oxygen atoms in total. The summed E-state index contributed by atoms with van der Waals surface area (Å²) in [7, 11) is 0. The summed E-state index contributed by atoms with van der Waals surface area (Å²) in [6, 6.07) is 6.84. The van der Waals surface area contributed by atoms with E-state index in [0.29, 0.717) is 18.2 Å². The van der Waals surface area contributed by atoms with E-state index in [-0.39, 0.29) is 11.4 Å². The second-order valence-electron chi connectivity index (χ2n) is 4.96. The average molecular weight is 236 g/mol. The zero-order chi connectivity index (χ0) is 12.3. The van der Waals surface area contributed by atoms with Gasteiger partial charge in [-0.3, -0.25) is 0 Å². The molecule has 1 aliphatic carbocycles. The van der Waals surface area contributed by atoms with Crippen molar-refractivity contribution in [3.8, 4) is 0 Å². The molecule has 2 atom stereocenters. The first-order valence-electron chi connectivity index (χ1n) is 6.44. The lowest BCUT2D eigenvalue weighted by molar-refractivity contribution is 0.345. The number of nitrogens with one attached hydrogen (secondary N) is 1. The average Bonchev–Trinajstić information content (AvgIpc) is 2.75. The normalized spacial score (nSPS) is 28.3. The van der Waals surface area contributed by atoms with Gasteiger partial charge in [-0.25, -0.2) is 4.39 Å². The molecule has 3 heteroatoms. The number of rotatable bonds is 4. The third kappa shape index (κ3) is 2.29. The Balaban J connectivity index is 2.23. The molecule has 0 aromatic heterocycles. The predicted octanol–water partition coefficient (Wildman–Crippen LogP) is 3.15. The van der Waals surface area contributed by atoms with Gasteiger partial charge in [-0.1, -0.05) is 31.9 Å². The number of hydrogen-bond acceptors (Lipinski definition) is 2. The first-order valence-corrected chi connectivity index (χ1v) is 6.44. The molecular weight excluding hydrogens is 215 g/mol. The third-order valence-corrected chi connectivity index (χ3v) is 4.07. The highest BCUT2D eigenvalue weighted by Crippen LogP contribution is 2.40. The van der Waals surface area contributed by atoms with Gasteiger partial charge in [-0.15, -0.1) is 0 Å². The summed E-state index contributed by atoms with van der Waals surface area (Å²) in [5, 5.41) is 3.37. The van der Waals surface area contributed by atoms with Crippen LogP contribution in [0.3, 0.4) is 0 Å². The van der Waals surface area contributed by atoms with Crippen LogP contribution >= 0.6 is 0 Å². The van der Waals surface area contributed by atoms with Crippen LogP contribution in [-0.4, -0.2) is 12.1 Å². The molecule has 2 unspecified atom stereocenters. The zero-order valence-corrected chi connectivity index (χ0v) is 10.4. The van der Waals surface area contributed by atoms with Gasteiger partial charge in [0.15, 0.2) is 0 Å². The molecule has 17 heavy (non-hydrogen) atoms. The molecule has 0 saturated heterocycles. The fraction of sp³-hybridized carbons (Fsp3) is 0.571. The molecule has 0 heterocycles. The lowest BCUT2D eigenvalue weighted by Crippen LogP contribution is -2.48. The van der Waals surface area contributed by atoms with Crippen LogP contribution in [-0.2, 0) is 0 Å². The smallest absolute Gasteiger partial charge is 0.146 e. The van der Waals surface area contributed by atoms with Crippen LogP contribution in [0.2, 0.25) is 0 Å². The summed E-state index contributed by atoms with van der Waals surface area (Å²) >= 11 is 0. The topological polar surface area (TPSA) is 38.0 Å². The molecule has 1 aromatic carbocycles. The summed E-state index contributed by atoms with van der Waals surface area (Å²) in [6.45, 7) is 2.75. The van der Waals surface area contributed by atoms with Crippen LogP contribution in [0.15, 0.2) is 24.3 Å². The van der Waals surface area contributed by atoms with Crippen molar-refractivity contribution in [2.24, 2.45) is 11.7 Å². The molecule has 0 amide bonds. The van der Waals surface area contributed by atoms with Gasteiger partial charge in [0.1, 0.15) is 5.82 Å². The Kier molecular flexibility index (Phi) is 3.67. The number of nitrogens with two attached hydrogens (primary N) is 1. The Labute approximate surface area is 102 Å². The first kappa shape index (κ1) is 12.4. The number of anilines is 1. The summed E-state index contributed by atoms with van der Waals surface area (Å²) in [4.78, 5) is 0. The van der Waals surface area contributed by atoms with E-state index in [1.54, 1.807) is 12.1 Å². The summed E-state index contributed by atoms with van der Waals surface area (Å²) in [5.41, 5.74) is 6.42. The van der Waals surface area contributed by atoms with Gasteiger partial charge in [-0.05, 0) is 30.9 Å². The maximum atomic E-state index is 13.7. The van der Waals surface area contributed by atoms with Crippen molar-refractivity contribution in [1.29, 1.82) is 0 Å². The van der Waals surface area contributed by atoms with E-state index in [1.807, 2.05) is 6.07 Å². The monoisotopic (exact) mass is 236 g/mol. The summed E-state index contributed by atoms with van der Waals surface area (Å²) < 4.78 is 13.7. The van der Waals surface area contributed by atoms with Gasteiger partial charge in [0.2, 0.25) is 0 Å². The highest BCUT2D eigenvalue weighted by molar-refractivity contribution is 5.47. The second-order valence-corrected chi connectivity index (χ2v) is 4.96. The maximum Gasteiger partial charge on any atom is 0.146 e. The largest absolute Gasteiger partial charge is 0.376 e. The second kappa shape index (κ2) is 5.05. The van der Waals surface area contributed by atoms with Crippen molar-refractivity contribution in [2.75, 3.05) is 11.9 Å². The van der Waals surface area contributed by atoms with Gasteiger partial charge in [-0.2, -0.15) is 0 Å². The van der Waals surface area contributed by atoms with E-state index in [0.717, 1.165) is 12.8 Å². The molecule has 0 radical (unpaired) electrons. The molecular formula is C14H21FN2. The van der Waals surface area contributed by atoms with Crippen LogP contribution in [0, 0.1) is 11.7 Å². The SMILES string of the molecule is CCC1CCCC1(CN)Nc1ccccc1F. The first-order chi connectivity index (χ1) is 8.22.